The van der Waals surface area contributed by atoms with Crippen LogP contribution in [0.3, 0.4) is 0 Å². The molecule has 4 aromatic rings. The van der Waals surface area contributed by atoms with E-state index in [2.05, 4.69) is 6.58 Å². The molecule has 1 fully saturated rings. The number of methoxy groups -OCH3 is 1. The average Bonchev–Trinajstić information content (AvgIpc) is 4.01. The minimum Gasteiger partial charge on any atom is -0.748 e. The fraction of sp³-hybridized carbons (Fsp3) is 0.404. The lowest BCUT2D eigenvalue weighted by atomic mass is 9.75. The van der Waals surface area contributed by atoms with E-state index in [4.69, 9.17) is 19.0 Å². The Labute approximate surface area is 469 Å². The minimum atomic E-state index is -5.44. The second kappa shape index (κ2) is 23.8. The Hall–Kier alpha value is -5.80. The molecule has 1 amide bonds. The summed E-state index contributed by atoms with van der Waals surface area (Å²) in [6.45, 7) is 11.6. The second-order valence-corrected chi connectivity index (χ2v) is 27.1. The summed E-state index contributed by atoms with van der Waals surface area (Å²) in [5.41, 5.74) is 0.234. The zero-order valence-electron chi connectivity index (χ0n) is 44.5. The molecule has 29 heteroatoms. The van der Waals surface area contributed by atoms with Crippen LogP contribution in [-0.2, 0) is 90.1 Å². The van der Waals surface area contributed by atoms with Gasteiger partial charge in [-0.2, -0.15) is 4.58 Å². The molecule has 0 radical (unpaired) electrons. The first-order chi connectivity index (χ1) is 37.6. The van der Waals surface area contributed by atoms with E-state index >= 15 is 0 Å². The highest BCUT2D eigenvalue weighted by molar-refractivity contribution is 7.87. The summed E-state index contributed by atoms with van der Waals surface area (Å²) in [6, 6.07) is 8.48. The van der Waals surface area contributed by atoms with Crippen LogP contribution in [0.1, 0.15) is 77.3 Å². The molecule has 3 aliphatic heterocycles. The Balaban J connectivity index is 1.38. The monoisotopic (exact) mass is 1220 g/mol. The summed E-state index contributed by atoms with van der Waals surface area (Å²) >= 11 is 0. The number of nitrogens with zero attached hydrogens (tertiary/aromatic N) is 3. The second-order valence-electron chi connectivity index (χ2n) is 20.1. The van der Waals surface area contributed by atoms with Crippen LogP contribution < -0.4 is 4.90 Å². The van der Waals surface area contributed by atoms with Crippen molar-refractivity contribution < 1.29 is 98.1 Å². The van der Waals surface area contributed by atoms with Crippen molar-refractivity contribution in [3.8, 4) is 0 Å². The van der Waals surface area contributed by atoms with E-state index in [0.29, 0.717) is 71.4 Å². The highest BCUT2D eigenvalue weighted by Gasteiger charge is 2.47. The summed E-state index contributed by atoms with van der Waals surface area (Å²) in [6.07, 6.45) is 6.50. The van der Waals surface area contributed by atoms with Crippen molar-refractivity contribution in [2.24, 2.45) is 0 Å². The zero-order valence-corrected chi connectivity index (χ0v) is 48.6. The van der Waals surface area contributed by atoms with E-state index in [1.165, 1.54) is 31.4 Å². The first-order valence-corrected chi connectivity index (χ1v) is 32.2. The third-order valence-electron chi connectivity index (χ3n) is 14.2. The molecule has 0 N–H and O–H groups in total. The molecule has 1 saturated heterocycles. The van der Waals surface area contributed by atoms with Crippen molar-refractivity contribution in [1.82, 2.24) is 5.06 Å². The van der Waals surface area contributed by atoms with Crippen molar-refractivity contribution in [2.75, 3.05) is 63.9 Å². The van der Waals surface area contributed by atoms with Gasteiger partial charge in [-0.25, -0.2) is 46.9 Å². The normalized spacial score (nSPS) is 18.6. The molecule has 4 aromatic carbocycles. The maximum atomic E-state index is 13.1. The molecular formula is C52H57N3O21S5-4. The summed E-state index contributed by atoms with van der Waals surface area (Å²) in [5, 5.41) is 0.254. The van der Waals surface area contributed by atoms with E-state index in [1.54, 1.807) is 61.5 Å². The van der Waals surface area contributed by atoms with Gasteiger partial charge in [0.25, 0.3) is 5.91 Å². The largest absolute Gasteiger partial charge is 0.748 e. The fourth-order valence-electron chi connectivity index (χ4n) is 10.5. The third-order valence-corrected chi connectivity index (χ3v) is 18.4. The van der Waals surface area contributed by atoms with Gasteiger partial charge in [0.2, 0.25) is 5.69 Å². The van der Waals surface area contributed by atoms with E-state index in [1.807, 2.05) is 0 Å². The van der Waals surface area contributed by atoms with Gasteiger partial charge in [-0.05, 0) is 111 Å². The van der Waals surface area contributed by atoms with E-state index in [-0.39, 0.29) is 92.1 Å². The van der Waals surface area contributed by atoms with Gasteiger partial charge in [0, 0.05) is 72.1 Å². The number of carbonyl (C=O) groups excluding carboxylic acids is 2. The molecule has 440 valence electrons. The number of hydrogen-bond donors (Lipinski definition) is 0. The highest BCUT2D eigenvalue weighted by Crippen LogP contribution is 2.54. The van der Waals surface area contributed by atoms with Gasteiger partial charge in [-0.1, -0.05) is 30.4 Å². The number of hydroxylamine groups is 2. The minimum absolute atomic E-state index is 0.0115. The SMILES string of the molecule is C=C1CCC(=O)N1OC(=O)CCC[N+]1=C(C=CC(C)=CC=C2N(CCOCCOCCOC)c3ccc4c(S(=O)(=O)[O-])cc(S(=O)(=O)[O-])cc4c3C2(C)CCCS(=O)(=O)[O-])C(C)(C)c2c1ccc1c(S(=O)(=O)[O-])cc(S(=O)(=O)[O-])cc21. The molecule has 7 rings (SSSR count). The van der Waals surface area contributed by atoms with Crippen molar-refractivity contribution in [3.05, 3.63) is 108 Å². The van der Waals surface area contributed by atoms with Gasteiger partial charge in [0.15, 0.2) is 5.71 Å². The summed E-state index contributed by atoms with van der Waals surface area (Å²) < 4.78 is 205. The van der Waals surface area contributed by atoms with Gasteiger partial charge in [0.05, 0.1) is 80.3 Å². The molecule has 24 nitrogen and oxygen atoms in total. The fourth-order valence-corrected chi connectivity index (χ4v) is 13.7. The number of fused-ring (bicyclic) bond motifs is 6. The predicted octanol–water partition coefficient (Wildman–Crippen LogP) is 4.53. The molecule has 1 unspecified atom stereocenters. The maximum absolute atomic E-state index is 13.1. The highest BCUT2D eigenvalue weighted by atomic mass is 32.2. The van der Waals surface area contributed by atoms with Crippen molar-refractivity contribution in [3.63, 3.8) is 0 Å². The first-order valence-electron chi connectivity index (χ1n) is 24.9. The Morgan fingerprint density at radius 1 is 0.728 bits per heavy atom. The van der Waals surface area contributed by atoms with Crippen LogP contribution in [0, 0.1) is 0 Å². The Bertz CT molecular complexity index is 3950. The Morgan fingerprint density at radius 3 is 1.84 bits per heavy atom. The molecule has 3 heterocycles. The summed E-state index contributed by atoms with van der Waals surface area (Å²) in [5.74, 6) is -2.05. The molecule has 0 bridgehead atoms. The Morgan fingerprint density at radius 2 is 1.30 bits per heavy atom. The molecule has 0 aliphatic carbocycles. The number of allylic oxidation sites excluding steroid dienone is 7. The third kappa shape index (κ3) is 13.8. The predicted molar refractivity (Wildman–Crippen MR) is 286 cm³/mol. The topological polar surface area (TPSA) is 367 Å². The standard InChI is InChI=1S/C52H61N3O21S5/c1-33(10-17-45-51(3,4)49-39-29-35(78(61,62)63)31-43(80(67,68)69)37(39)13-15-41(49)53(45)21-7-9-48(57)76-55-34(2)12-19-47(55)56)11-18-46-52(5,20-8-28-77(58,59)60)50-40-30-36(79(64,65)66)32-44(81(70,71)72)38(40)14-16-42(50)54(46)22-23-74-26-27-75-25-24-73-6/h10-11,13-18,29-32H,2,7-9,12,19-28H2,1,3-6H3,(H4-,58,59,60,61,62,63,64,65,66,67,68,69,70,71,72)/p-4. The number of carbonyl (C=O) groups is 2. The Kier molecular flexibility index (Phi) is 18.5. The van der Waals surface area contributed by atoms with Gasteiger partial charge >= 0.3 is 5.97 Å². The number of benzene rings is 4. The number of ether oxygens (including phenoxy) is 3. The number of anilines is 1. The molecule has 3 aliphatic rings. The van der Waals surface area contributed by atoms with Gasteiger partial charge < -0.3 is 46.7 Å². The van der Waals surface area contributed by atoms with Crippen LogP contribution in [-0.4, -0.2) is 151 Å². The quantitative estimate of drug-likeness (QED) is 0.0380. The van der Waals surface area contributed by atoms with Crippen LogP contribution in [0.25, 0.3) is 21.5 Å². The van der Waals surface area contributed by atoms with Crippen LogP contribution in [0.15, 0.2) is 116 Å². The number of amides is 1. The lowest BCUT2D eigenvalue weighted by Gasteiger charge is -2.31. The van der Waals surface area contributed by atoms with Gasteiger partial charge in [-0.15, -0.1) is 5.06 Å². The van der Waals surface area contributed by atoms with Crippen molar-refractivity contribution in [2.45, 2.75) is 96.6 Å². The zero-order chi connectivity index (χ0) is 59.8. The number of hydrogen-bond acceptors (Lipinski definition) is 22. The van der Waals surface area contributed by atoms with Crippen LogP contribution in [0.5, 0.6) is 0 Å². The molecule has 1 atom stereocenters. The van der Waals surface area contributed by atoms with Crippen LogP contribution in [0.4, 0.5) is 11.4 Å². The molecule has 0 spiro atoms. The van der Waals surface area contributed by atoms with Crippen LogP contribution >= 0.6 is 0 Å². The smallest absolute Gasteiger partial charge is 0.333 e. The van der Waals surface area contributed by atoms with Crippen molar-refractivity contribution in [1.29, 1.82) is 0 Å². The first kappa shape index (κ1) is 62.8. The van der Waals surface area contributed by atoms with E-state index < -0.39 is 98.6 Å². The molecule has 81 heavy (non-hydrogen) atoms. The average molecular weight is 1220 g/mol. The van der Waals surface area contributed by atoms with Crippen LogP contribution in [0.2, 0.25) is 0 Å². The van der Waals surface area contributed by atoms with Gasteiger partial charge in [0.1, 0.15) is 47.0 Å². The summed E-state index contributed by atoms with van der Waals surface area (Å²) in [4.78, 5) is 28.5. The van der Waals surface area contributed by atoms with Crippen molar-refractivity contribution >= 4 is 101 Å². The summed E-state index contributed by atoms with van der Waals surface area (Å²) in [7, 11) is -24.9. The molecule has 0 saturated carbocycles. The molecule has 0 aromatic heterocycles. The lowest BCUT2D eigenvalue weighted by Crippen LogP contribution is -2.31. The van der Waals surface area contributed by atoms with E-state index in [9.17, 15) is 74.4 Å². The number of rotatable bonds is 25. The van der Waals surface area contributed by atoms with Gasteiger partial charge in [-0.3, -0.25) is 4.79 Å². The molecular weight excluding hydrogens is 1160 g/mol. The van der Waals surface area contributed by atoms with E-state index in [0.717, 1.165) is 17.2 Å². The maximum Gasteiger partial charge on any atom is 0.333 e. The lowest BCUT2D eigenvalue weighted by molar-refractivity contribution is -0.438.